The van der Waals surface area contributed by atoms with E-state index in [9.17, 15) is 30.0 Å². The molecule has 0 saturated carbocycles. The number of aliphatic hydroxyl groups excluding tert-OH is 5. The molecule has 1 aromatic heterocycles. The number of quaternary nitrogens is 1. The van der Waals surface area contributed by atoms with Crippen molar-refractivity contribution in [2.24, 2.45) is 0 Å². The highest BCUT2D eigenvalue weighted by molar-refractivity contribution is 5.94. The molecule has 34 heavy (non-hydrogen) atoms. The average Bonchev–Trinajstić information content (AvgIpc) is 2.85. The second-order valence-corrected chi connectivity index (χ2v) is 7.93. The Kier molecular flexibility index (Phi) is 10.6. The largest absolute Gasteiger partial charge is 0.548 e. The van der Waals surface area contributed by atoms with Gasteiger partial charge < -0.3 is 45.3 Å². The summed E-state index contributed by atoms with van der Waals surface area (Å²) in [6.07, 6.45) is -4.57. The van der Waals surface area contributed by atoms with E-state index < -0.39 is 37.0 Å². The number of carbonyl (C=O) groups is 1. The molecule has 3 rings (SSSR count). The number of carboxylic acid groups (broad SMARTS) is 1. The van der Waals surface area contributed by atoms with Crippen LogP contribution in [0, 0.1) is 0 Å². The van der Waals surface area contributed by atoms with E-state index in [1.54, 1.807) is 53.1 Å². The Balaban J connectivity index is 0.000000249. The van der Waals surface area contributed by atoms with Gasteiger partial charge in [0, 0.05) is 10.8 Å². The quantitative estimate of drug-likeness (QED) is 0.135. The molecule has 0 amide bonds. The van der Waals surface area contributed by atoms with E-state index >= 15 is 0 Å². The third-order valence-corrected chi connectivity index (χ3v) is 5.39. The van der Waals surface area contributed by atoms with Crippen molar-refractivity contribution in [2.45, 2.75) is 44.3 Å². The number of nitrogens with two attached hydrogens (primary N) is 1. The standard InChI is InChI=1S/C15H11NO3.C9H21NO5/c17-14(18)9-16-12-7-3-1-5-10(12)15(19)11-6-2-4-8-13(11)16;1-2-3-10-4-6(12)8(14)9(15)7(13)5-11/h1-8H,9H2,(H,17,18);6-15H,2-5H2,1H3/t;6-,7+,8+,9+/m.1/s1. The number of aromatic nitrogens is 1. The zero-order valence-electron chi connectivity index (χ0n) is 18.9. The minimum Gasteiger partial charge on any atom is -0.548 e. The van der Waals surface area contributed by atoms with Crippen molar-refractivity contribution in [1.29, 1.82) is 0 Å². The molecular formula is C24H32N2O8. The summed E-state index contributed by atoms with van der Waals surface area (Å²) in [7, 11) is 0. The van der Waals surface area contributed by atoms with Gasteiger partial charge in [-0.15, -0.1) is 0 Å². The highest BCUT2D eigenvalue weighted by Gasteiger charge is 2.30. The molecule has 0 unspecified atom stereocenters. The lowest BCUT2D eigenvalue weighted by atomic mass is 10.0. The van der Waals surface area contributed by atoms with Crippen LogP contribution in [0.25, 0.3) is 21.8 Å². The molecule has 0 aliphatic carbocycles. The van der Waals surface area contributed by atoms with Gasteiger partial charge in [-0.3, -0.25) is 4.79 Å². The second kappa shape index (κ2) is 13.1. The number of para-hydroxylation sites is 2. The molecule has 4 atom stereocenters. The molecule has 0 radical (unpaired) electrons. The topological polar surface area (TPSA) is 180 Å². The summed E-state index contributed by atoms with van der Waals surface area (Å²) >= 11 is 0. The number of carboxylic acids is 1. The van der Waals surface area contributed by atoms with Crippen molar-refractivity contribution in [3.05, 3.63) is 58.8 Å². The van der Waals surface area contributed by atoms with Crippen molar-refractivity contribution in [3.8, 4) is 0 Å². The zero-order chi connectivity index (χ0) is 25.3. The van der Waals surface area contributed by atoms with Crippen LogP contribution in [0.3, 0.4) is 0 Å². The monoisotopic (exact) mass is 476 g/mol. The van der Waals surface area contributed by atoms with E-state index in [1.165, 1.54) is 0 Å². The third kappa shape index (κ3) is 6.83. The zero-order valence-corrected chi connectivity index (χ0v) is 18.9. The summed E-state index contributed by atoms with van der Waals surface area (Å²) in [5.41, 5.74) is 1.13. The Morgan fingerprint density at radius 3 is 1.91 bits per heavy atom. The minimum absolute atomic E-state index is 0.0826. The Bertz CT molecular complexity index is 1070. The molecule has 10 heteroatoms. The summed E-state index contributed by atoms with van der Waals surface area (Å²) in [6, 6.07) is 14.0. The Labute approximate surface area is 196 Å². The van der Waals surface area contributed by atoms with Crippen LogP contribution in [0.15, 0.2) is 53.3 Å². The summed E-state index contributed by atoms with van der Waals surface area (Å²) < 4.78 is 1.60. The van der Waals surface area contributed by atoms with Crippen LogP contribution in [-0.4, -0.2) is 80.2 Å². The van der Waals surface area contributed by atoms with Crippen LogP contribution in [0.2, 0.25) is 0 Å². The molecule has 1 heterocycles. The fraction of sp³-hybridized carbons (Fsp3) is 0.417. The van der Waals surface area contributed by atoms with Crippen molar-refractivity contribution < 1.29 is 40.8 Å². The number of benzene rings is 2. The molecule has 7 N–H and O–H groups in total. The fourth-order valence-corrected chi connectivity index (χ4v) is 3.57. The van der Waals surface area contributed by atoms with E-state index in [1.807, 2.05) is 12.2 Å². The summed E-state index contributed by atoms with van der Waals surface area (Å²) in [6.45, 7) is 2.14. The highest BCUT2D eigenvalue weighted by Crippen LogP contribution is 2.18. The van der Waals surface area contributed by atoms with Crippen molar-refractivity contribution in [3.63, 3.8) is 0 Å². The SMILES string of the molecule is CCC[NH2+]C[C@@H](O)[C@H](O)[C@@H](O)[C@@H](O)CO.O=C([O-])Cn1c2ccccc2c(=O)c2ccccc21. The van der Waals surface area contributed by atoms with Crippen LogP contribution in [-0.2, 0) is 11.3 Å². The van der Waals surface area contributed by atoms with Gasteiger partial charge in [0.25, 0.3) is 0 Å². The molecular weight excluding hydrogens is 444 g/mol. The van der Waals surface area contributed by atoms with Gasteiger partial charge in [0.2, 0.25) is 0 Å². The number of aliphatic carboxylic acids is 1. The Morgan fingerprint density at radius 1 is 0.941 bits per heavy atom. The first-order chi connectivity index (χ1) is 16.2. The lowest BCUT2D eigenvalue weighted by molar-refractivity contribution is -0.662. The van der Waals surface area contributed by atoms with E-state index in [0.29, 0.717) is 21.8 Å². The number of aliphatic hydroxyl groups is 5. The molecule has 2 aromatic carbocycles. The van der Waals surface area contributed by atoms with Gasteiger partial charge in [-0.25, -0.2) is 0 Å². The number of rotatable bonds is 10. The minimum atomic E-state index is -1.53. The van der Waals surface area contributed by atoms with Gasteiger partial charge in [0.15, 0.2) is 5.43 Å². The number of fused-ring (bicyclic) bond motifs is 2. The van der Waals surface area contributed by atoms with E-state index in [-0.39, 0.29) is 18.5 Å². The van der Waals surface area contributed by atoms with Crippen molar-refractivity contribution in [2.75, 3.05) is 19.7 Å². The molecule has 0 aliphatic heterocycles. The normalized spacial score (nSPS) is 14.8. The maximum absolute atomic E-state index is 12.3. The molecule has 0 spiro atoms. The molecule has 0 saturated heterocycles. The number of nitrogens with zero attached hydrogens (tertiary/aromatic N) is 1. The van der Waals surface area contributed by atoms with Gasteiger partial charge in [-0.05, 0) is 30.7 Å². The first-order valence-electron chi connectivity index (χ1n) is 11.1. The summed E-state index contributed by atoms with van der Waals surface area (Å²) in [5.74, 6) is -1.18. The number of hydrogen-bond donors (Lipinski definition) is 6. The predicted molar refractivity (Wildman–Crippen MR) is 124 cm³/mol. The third-order valence-electron chi connectivity index (χ3n) is 5.39. The van der Waals surface area contributed by atoms with Gasteiger partial charge >= 0.3 is 0 Å². The Hall–Kier alpha value is -2.86. The lowest BCUT2D eigenvalue weighted by Crippen LogP contribution is -2.87. The van der Waals surface area contributed by atoms with Crippen molar-refractivity contribution >= 4 is 27.8 Å². The van der Waals surface area contributed by atoms with Gasteiger partial charge in [0.1, 0.15) is 31.0 Å². The number of carbonyl (C=O) groups excluding carboxylic acids is 1. The maximum atomic E-state index is 12.3. The van der Waals surface area contributed by atoms with E-state index in [0.717, 1.165) is 13.0 Å². The maximum Gasteiger partial charge on any atom is 0.197 e. The van der Waals surface area contributed by atoms with Gasteiger partial charge in [-0.1, -0.05) is 31.2 Å². The molecule has 0 fully saturated rings. The van der Waals surface area contributed by atoms with Crippen LogP contribution >= 0.6 is 0 Å². The van der Waals surface area contributed by atoms with Gasteiger partial charge in [-0.2, -0.15) is 0 Å². The Morgan fingerprint density at radius 2 is 1.44 bits per heavy atom. The lowest BCUT2D eigenvalue weighted by Gasteiger charge is -2.24. The number of pyridine rings is 1. The molecule has 10 nitrogen and oxygen atoms in total. The first-order valence-corrected chi connectivity index (χ1v) is 11.1. The smallest absolute Gasteiger partial charge is 0.197 e. The van der Waals surface area contributed by atoms with Crippen LogP contribution < -0.4 is 15.9 Å². The van der Waals surface area contributed by atoms with Crippen LogP contribution in [0.4, 0.5) is 0 Å². The summed E-state index contributed by atoms with van der Waals surface area (Å²) in [5, 5.41) is 59.5. The molecule has 3 aromatic rings. The fourth-order valence-electron chi connectivity index (χ4n) is 3.57. The average molecular weight is 477 g/mol. The van der Waals surface area contributed by atoms with E-state index in [4.69, 9.17) is 10.2 Å². The summed E-state index contributed by atoms with van der Waals surface area (Å²) in [4.78, 5) is 23.3. The molecule has 0 aliphatic rings. The second-order valence-electron chi connectivity index (χ2n) is 7.93. The molecule has 186 valence electrons. The number of hydrogen-bond acceptors (Lipinski definition) is 8. The predicted octanol–water partition coefficient (Wildman–Crippen LogP) is -2.70. The first kappa shape index (κ1) is 27.4. The van der Waals surface area contributed by atoms with E-state index in [2.05, 4.69) is 0 Å². The van der Waals surface area contributed by atoms with Gasteiger partial charge in [0.05, 0.1) is 36.7 Å². The van der Waals surface area contributed by atoms with Crippen LogP contribution in [0.5, 0.6) is 0 Å². The molecule has 0 bridgehead atoms. The van der Waals surface area contributed by atoms with Crippen LogP contribution in [0.1, 0.15) is 13.3 Å². The van der Waals surface area contributed by atoms with Crippen molar-refractivity contribution in [1.82, 2.24) is 4.57 Å². The highest BCUT2D eigenvalue weighted by atomic mass is 16.4.